The van der Waals surface area contributed by atoms with Gasteiger partial charge < -0.3 is 0 Å². The summed E-state index contributed by atoms with van der Waals surface area (Å²) in [5, 5.41) is 10.4. The topological polar surface area (TPSA) is 73.1 Å². The Hall–Kier alpha value is -2.04. The van der Waals surface area contributed by atoms with E-state index in [1.807, 2.05) is 0 Å². The fourth-order valence-electron chi connectivity index (χ4n) is 0.850. The Morgan fingerprint density at radius 2 is 2.38 bits per heavy atom. The third-order valence-electron chi connectivity index (χ3n) is 1.45. The van der Waals surface area contributed by atoms with Crippen molar-refractivity contribution in [1.29, 1.82) is 0 Å². The number of ketones is 1. The van der Waals surface area contributed by atoms with Crippen LogP contribution in [0.2, 0.25) is 0 Å². The summed E-state index contributed by atoms with van der Waals surface area (Å²) in [6.45, 7) is 3.24. The minimum absolute atomic E-state index is 0.00926. The molecule has 0 atom stereocenters. The zero-order valence-electron chi connectivity index (χ0n) is 6.64. The predicted molar refractivity (Wildman–Crippen MR) is 45.4 cm³/mol. The Balaban J connectivity index is 3.27. The van der Waals surface area contributed by atoms with E-state index in [0.717, 1.165) is 12.3 Å². The minimum atomic E-state index is -0.649. The molecule has 5 heteroatoms. The quantitative estimate of drug-likeness (QED) is 0.303. The number of hydrogen-bond donors (Lipinski definition) is 0. The lowest BCUT2D eigenvalue weighted by Crippen LogP contribution is -2.01. The van der Waals surface area contributed by atoms with Crippen molar-refractivity contribution in [2.75, 3.05) is 0 Å². The van der Waals surface area contributed by atoms with E-state index in [4.69, 9.17) is 0 Å². The summed E-state index contributed by atoms with van der Waals surface area (Å²) >= 11 is 0. The second-order valence-corrected chi connectivity index (χ2v) is 2.22. The number of pyridine rings is 1. The van der Waals surface area contributed by atoms with Crippen molar-refractivity contribution >= 4 is 11.5 Å². The normalized spacial score (nSPS) is 9.23. The van der Waals surface area contributed by atoms with Gasteiger partial charge in [-0.1, -0.05) is 6.58 Å². The molecule has 1 rings (SSSR count). The van der Waals surface area contributed by atoms with Gasteiger partial charge in [-0.05, 0) is 12.1 Å². The molecule has 0 aromatic carbocycles. The van der Waals surface area contributed by atoms with Crippen LogP contribution in [0.4, 0.5) is 5.69 Å². The molecule has 0 aliphatic rings. The van der Waals surface area contributed by atoms with E-state index < -0.39 is 10.7 Å². The lowest BCUT2D eigenvalue weighted by Gasteiger charge is -1.95. The molecule has 1 aromatic heterocycles. The second kappa shape index (κ2) is 3.57. The maximum Gasteiger partial charge on any atom is 0.298 e. The molecule has 0 saturated heterocycles. The maximum absolute atomic E-state index is 11.1. The Kier molecular flexibility index (Phi) is 2.49. The van der Waals surface area contributed by atoms with Gasteiger partial charge in [0.1, 0.15) is 11.8 Å². The first-order valence-electron chi connectivity index (χ1n) is 3.42. The molecule has 13 heavy (non-hydrogen) atoms. The van der Waals surface area contributed by atoms with Crippen molar-refractivity contribution in [3.63, 3.8) is 0 Å². The molecule has 5 nitrogen and oxygen atoms in total. The van der Waals surface area contributed by atoms with Gasteiger partial charge in [0.05, 0.1) is 4.92 Å². The number of aromatic nitrogens is 1. The number of nitro groups is 1. The molecule has 0 N–H and O–H groups in total. The van der Waals surface area contributed by atoms with Gasteiger partial charge in [-0.15, -0.1) is 0 Å². The van der Waals surface area contributed by atoms with Crippen LogP contribution in [0.5, 0.6) is 0 Å². The smallest absolute Gasteiger partial charge is 0.289 e. The third-order valence-corrected chi connectivity index (χ3v) is 1.45. The highest BCUT2D eigenvalue weighted by Gasteiger charge is 2.17. The lowest BCUT2D eigenvalue weighted by molar-refractivity contribution is -0.385. The molecule has 1 aromatic rings. The van der Waals surface area contributed by atoms with Gasteiger partial charge in [-0.2, -0.15) is 0 Å². The molecular weight excluding hydrogens is 172 g/mol. The number of rotatable bonds is 3. The monoisotopic (exact) mass is 178 g/mol. The fourth-order valence-corrected chi connectivity index (χ4v) is 0.850. The summed E-state index contributed by atoms with van der Waals surface area (Å²) in [6, 6.07) is 1.29. The maximum atomic E-state index is 11.1. The Morgan fingerprint density at radius 1 is 1.69 bits per heavy atom. The summed E-state index contributed by atoms with van der Waals surface area (Å²) in [6.07, 6.45) is 3.39. The average Bonchev–Trinajstić information content (AvgIpc) is 2.16. The Morgan fingerprint density at radius 3 is 2.92 bits per heavy atom. The van der Waals surface area contributed by atoms with Crippen molar-refractivity contribution < 1.29 is 9.72 Å². The van der Waals surface area contributed by atoms with Gasteiger partial charge in [0, 0.05) is 6.20 Å². The predicted octanol–water partition coefficient (Wildman–Crippen LogP) is 1.36. The van der Waals surface area contributed by atoms with E-state index in [0.29, 0.717) is 0 Å². The van der Waals surface area contributed by atoms with Gasteiger partial charge in [0.2, 0.25) is 0 Å². The van der Waals surface area contributed by atoms with E-state index in [1.165, 1.54) is 12.3 Å². The summed E-state index contributed by atoms with van der Waals surface area (Å²) in [4.78, 5) is 24.4. The molecule has 0 radical (unpaired) electrons. The molecule has 0 aliphatic heterocycles. The minimum Gasteiger partial charge on any atom is -0.289 e. The average molecular weight is 178 g/mol. The van der Waals surface area contributed by atoms with Crippen LogP contribution in [-0.4, -0.2) is 15.7 Å². The van der Waals surface area contributed by atoms with Crippen molar-refractivity contribution in [1.82, 2.24) is 4.98 Å². The van der Waals surface area contributed by atoms with Crippen molar-refractivity contribution in [3.05, 3.63) is 46.8 Å². The number of carbonyl (C=O) groups excluding carboxylic acids is 1. The van der Waals surface area contributed by atoms with E-state index in [1.54, 1.807) is 0 Å². The molecule has 0 bridgehead atoms. The van der Waals surface area contributed by atoms with Crippen LogP contribution in [-0.2, 0) is 0 Å². The van der Waals surface area contributed by atoms with Crippen molar-refractivity contribution in [2.24, 2.45) is 0 Å². The van der Waals surface area contributed by atoms with Crippen LogP contribution >= 0.6 is 0 Å². The molecule has 0 aliphatic carbocycles. The molecule has 0 saturated carbocycles. The molecule has 0 spiro atoms. The highest BCUT2D eigenvalue weighted by atomic mass is 16.6. The number of allylic oxidation sites excluding steroid dienone is 1. The number of nitrogens with zero attached hydrogens (tertiary/aromatic N) is 2. The van der Waals surface area contributed by atoms with Crippen LogP contribution in [0.15, 0.2) is 31.1 Å². The number of hydrogen-bond acceptors (Lipinski definition) is 4. The van der Waals surface area contributed by atoms with Crippen LogP contribution in [0.25, 0.3) is 0 Å². The number of carbonyl (C=O) groups is 1. The molecule has 1 heterocycles. The standard InChI is InChI=1S/C8H6N2O3/c1-2-8(11)6-3-4-9-5-7(6)10(12)13/h2-5H,1H2. The van der Waals surface area contributed by atoms with Crippen LogP contribution < -0.4 is 0 Å². The SMILES string of the molecule is C=CC(=O)c1ccncc1[N+](=O)[O-]. The highest BCUT2D eigenvalue weighted by molar-refractivity contribution is 6.06. The third kappa shape index (κ3) is 1.76. The molecular formula is C8H6N2O3. The van der Waals surface area contributed by atoms with Gasteiger partial charge in [0.15, 0.2) is 5.78 Å². The van der Waals surface area contributed by atoms with E-state index in [-0.39, 0.29) is 11.3 Å². The highest BCUT2D eigenvalue weighted by Crippen LogP contribution is 2.16. The first kappa shape index (κ1) is 9.05. The largest absolute Gasteiger partial charge is 0.298 e. The zero-order valence-corrected chi connectivity index (χ0v) is 6.64. The second-order valence-electron chi connectivity index (χ2n) is 2.22. The van der Waals surface area contributed by atoms with Crippen molar-refractivity contribution in [2.45, 2.75) is 0 Å². The summed E-state index contributed by atoms with van der Waals surface area (Å²) in [7, 11) is 0. The Bertz CT molecular complexity index is 373. The van der Waals surface area contributed by atoms with Gasteiger partial charge in [0.25, 0.3) is 5.69 Å². The first-order valence-corrected chi connectivity index (χ1v) is 3.42. The molecule has 0 unspecified atom stereocenters. The molecule has 0 amide bonds. The van der Waals surface area contributed by atoms with Crippen LogP contribution in [0, 0.1) is 10.1 Å². The summed E-state index contributed by atoms with van der Waals surface area (Å²) in [5.41, 5.74) is -0.289. The van der Waals surface area contributed by atoms with Gasteiger partial charge in [-0.3, -0.25) is 19.9 Å². The fraction of sp³-hybridized carbons (Fsp3) is 0. The van der Waals surface area contributed by atoms with Crippen LogP contribution in [0.1, 0.15) is 10.4 Å². The van der Waals surface area contributed by atoms with Gasteiger partial charge in [-0.25, -0.2) is 0 Å². The Labute approximate surface area is 73.9 Å². The zero-order chi connectivity index (χ0) is 9.84. The molecule has 66 valence electrons. The van der Waals surface area contributed by atoms with Crippen molar-refractivity contribution in [3.8, 4) is 0 Å². The van der Waals surface area contributed by atoms with E-state index in [2.05, 4.69) is 11.6 Å². The van der Waals surface area contributed by atoms with E-state index >= 15 is 0 Å². The van der Waals surface area contributed by atoms with Crippen LogP contribution in [0.3, 0.4) is 0 Å². The molecule has 0 fully saturated rings. The summed E-state index contributed by atoms with van der Waals surface area (Å²) < 4.78 is 0. The first-order chi connectivity index (χ1) is 6.16. The lowest BCUT2D eigenvalue weighted by atomic mass is 10.1. The van der Waals surface area contributed by atoms with E-state index in [9.17, 15) is 14.9 Å². The van der Waals surface area contributed by atoms with Gasteiger partial charge >= 0.3 is 0 Å². The summed E-state index contributed by atoms with van der Waals surface area (Å²) in [5.74, 6) is -0.478.